The van der Waals surface area contributed by atoms with E-state index in [4.69, 9.17) is 4.52 Å². The number of benzene rings is 3. The van der Waals surface area contributed by atoms with Crippen molar-refractivity contribution in [2.45, 2.75) is 58.5 Å². The summed E-state index contributed by atoms with van der Waals surface area (Å²) in [6.45, 7) is 13.1. The van der Waals surface area contributed by atoms with Crippen molar-refractivity contribution in [3.63, 3.8) is 0 Å². The van der Waals surface area contributed by atoms with Crippen LogP contribution in [0.15, 0.2) is 60.7 Å². The Kier molecular flexibility index (Phi) is 5.40. The van der Waals surface area contributed by atoms with E-state index in [0.29, 0.717) is 16.6 Å². The maximum atomic E-state index is 13.1. The minimum absolute atomic E-state index is 0.0542. The van der Waals surface area contributed by atoms with Crippen LogP contribution in [0.2, 0.25) is 0 Å². The summed E-state index contributed by atoms with van der Waals surface area (Å²) < 4.78 is 18.9. The summed E-state index contributed by atoms with van der Waals surface area (Å²) >= 11 is 0. The molecule has 162 valence electrons. The molecule has 0 spiro atoms. The molecule has 0 saturated heterocycles. The van der Waals surface area contributed by atoms with Crippen LogP contribution >= 0.6 is 8.03 Å². The molecule has 0 aromatic heterocycles. The highest BCUT2D eigenvalue weighted by Gasteiger charge is 2.29. The van der Waals surface area contributed by atoms with Crippen LogP contribution in [0.25, 0.3) is 11.1 Å². The summed E-state index contributed by atoms with van der Waals surface area (Å²) in [5.74, 6) is 0.635. The molecule has 3 nitrogen and oxygen atoms in total. The molecule has 31 heavy (non-hydrogen) atoms. The molecular formula is C27H31O3P. The van der Waals surface area contributed by atoms with Gasteiger partial charge in [-0.25, -0.2) is 0 Å². The monoisotopic (exact) mass is 434 g/mol. The lowest BCUT2D eigenvalue weighted by Crippen LogP contribution is -2.21. The van der Waals surface area contributed by atoms with Crippen LogP contribution in [0, 0.1) is 0 Å². The highest BCUT2D eigenvalue weighted by molar-refractivity contribution is 7.49. The smallest absolute Gasteiger partial charge is 0.266 e. The first-order valence-corrected chi connectivity index (χ1v) is 12.1. The third kappa shape index (κ3) is 4.10. The molecule has 0 amide bonds. The van der Waals surface area contributed by atoms with Crippen LogP contribution in [0.3, 0.4) is 0 Å². The average Bonchev–Trinajstić information content (AvgIpc) is 2.71. The quantitative estimate of drug-likeness (QED) is 0.467. The van der Waals surface area contributed by atoms with E-state index in [2.05, 4.69) is 59.7 Å². The molecule has 2 atom stereocenters. The molecule has 0 radical (unpaired) electrons. The molecule has 3 aromatic carbocycles. The summed E-state index contributed by atoms with van der Waals surface area (Å²) in [5.41, 5.74) is 5.51. The molecule has 1 aliphatic heterocycles. The Balaban J connectivity index is 1.89. The second kappa shape index (κ2) is 7.65. The van der Waals surface area contributed by atoms with Gasteiger partial charge in [0.1, 0.15) is 11.9 Å². The van der Waals surface area contributed by atoms with Gasteiger partial charge >= 0.3 is 0 Å². The van der Waals surface area contributed by atoms with Gasteiger partial charge < -0.3 is 9.63 Å². The highest BCUT2D eigenvalue weighted by atomic mass is 31.1. The van der Waals surface area contributed by atoms with Crippen LogP contribution in [-0.2, 0) is 15.4 Å². The molecule has 1 aliphatic rings. The molecule has 2 unspecified atom stereocenters. The van der Waals surface area contributed by atoms with E-state index in [1.807, 2.05) is 42.5 Å². The Hall–Kier alpha value is -2.35. The second-order valence-electron chi connectivity index (χ2n) is 10.4. The topological polar surface area (TPSA) is 46.5 Å². The van der Waals surface area contributed by atoms with E-state index in [1.54, 1.807) is 0 Å². The van der Waals surface area contributed by atoms with Crippen LogP contribution < -0.4 is 9.83 Å². The van der Waals surface area contributed by atoms with Gasteiger partial charge in [-0.2, -0.15) is 0 Å². The third-order valence-corrected chi connectivity index (χ3v) is 7.35. The SMILES string of the molecule is CC(C)(C)c1cc(C(O)c2cccc3c2[PH](=O)Oc2ccccc2-3)cc(C(C)(C)C)c1. The van der Waals surface area contributed by atoms with Gasteiger partial charge in [0.25, 0.3) is 8.03 Å². The fourth-order valence-electron chi connectivity index (χ4n) is 4.03. The Bertz CT molecular complexity index is 1130. The zero-order chi connectivity index (χ0) is 22.6. The van der Waals surface area contributed by atoms with Crippen molar-refractivity contribution in [2.24, 2.45) is 0 Å². The first kappa shape index (κ1) is 21.9. The van der Waals surface area contributed by atoms with Crippen molar-refractivity contribution in [3.05, 3.63) is 82.9 Å². The van der Waals surface area contributed by atoms with Gasteiger partial charge in [-0.3, -0.25) is 4.57 Å². The van der Waals surface area contributed by atoms with Crippen LogP contribution in [0.5, 0.6) is 5.75 Å². The Morgan fingerprint density at radius 2 is 1.39 bits per heavy atom. The lowest BCUT2D eigenvalue weighted by molar-refractivity contribution is 0.221. The first-order chi connectivity index (χ1) is 14.5. The molecule has 0 fully saturated rings. The maximum Gasteiger partial charge on any atom is 0.266 e. The van der Waals surface area contributed by atoms with Crippen molar-refractivity contribution >= 4 is 13.3 Å². The second-order valence-corrected chi connectivity index (χ2v) is 11.7. The third-order valence-electron chi connectivity index (χ3n) is 5.98. The van der Waals surface area contributed by atoms with E-state index >= 15 is 0 Å². The van der Waals surface area contributed by atoms with Crippen LogP contribution in [0.1, 0.15) is 69.9 Å². The molecule has 0 saturated carbocycles. The van der Waals surface area contributed by atoms with E-state index in [1.165, 1.54) is 11.1 Å². The van der Waals surface area contributed by atoms with Crippen molar-refractivity contribution in [1.29, 1.82) is 0 Å². The summed E-state index contributed by atoms with van der Waals surface area (Å²) in [6, 6.07) is 19.8. The van der Waals surface area contributed by atoms with Crippen molar-refractivity contribution in [2.75, 3.05) is 0 Å². The number of para-hydroxylation sites is 1. The predicted molar refractivity (Wildman–Crippen MR) is 129 cm³/mol. The number of rotatable bonds is 2. The Morgan fingerprint density at radius 1 is 0.806 bits per heavy atom. The minimum atomic E-state index is -2.53. The molecule has 4 rings (SSSR count). The number of aliphatic hydroxyl groups is 1. The van der Waals surface area contributed by atoms with Gasteiger partial charge in [-0.1, -0.05) is 96.1 Å². The fourth-order valence-corrected chi connectivity index (χ4v) is 5.41. The molecular weight excluding hydrogens is 403 g/mol. The Labute approximate surface area is 186 Å². The lowest BCUT2D eigenvalue weighted by Gasteiger charge is -2.28. The van der Waals surface area contributed by atoms with E-state index < -0.39 is 14.1 Å². The zero-order valence-electron chi connectivity index (χ0n) is 19.1. The average molecular weight is 435 g/mol. The van der Waals surface area contributed by atoms with Gasteiger partial charge in [0, 0.05) is 5.56 Å². The highest BCUT2D eigenvalue weighted by Crippen LogP contribution is 2.45. The summed E-state index contributed by atoms with van der Waals surface area (Å²) in [5, 5.41) is 12.1. The lowest BCUT2D eigenvalue weighted by atomic mass is 9.78. The fraction of sp³-hybridized carbons (Fsp3) is 0.333. The van der Waals surface area contributed by atoms with E-state index in [9.17, 15) is 9.67 Å². The van der Waals surface area contributed by atoms with Gasteiger partial charge in [-0.05, 0) is 44.7 Å². The molecule has 4 heteroatoms. The van der Waals surface area contributed by atoms with Crippen molar-refractivity contribution < 1.29 is 14.2 Å². The summed E-state index contributed by atoms with van der Waals surface area (Å²) in [6.07, 6.45) is -0.888. The van der Waals surface area contributed by atoms with E-state index in [0.717, 1.165) is 16.7 Å². The van der Waals surface area contributed by atoms with Gasteiger partial charge in [0.05, 0.1) is 5.30 Å². The number of fused-ring (bicyclic) bond motifs is 3. The maximum absolute atomic E-state index is 13.1. The largest absolute Gasteiger partial charge is 0.441 e. The van der Waals surface area contributed by atoms with Gasteiger partial charge in [-0.15, -0.1) is 0 Å². The minimum Gasteiger partial charge on any atom is -0.441 e. The molecule has 0 aliphatic carbocycles. The van der Waals surface area contributed by atoms with Crippen molar-refractivity contribution in [3.8, 4) is 16.9 Å². The predicted octanol–water partition coefficient (Wildman–Crippen LogP) is 6.52. The van der Waals surface area contributed by atoms with E-state index in [-0.39, 0.29) is 10.8 Å². The van der Waals surface area contributed by atoms with Crippen molar-refractivity contribution in [1.82, 2.24) is 0 Å². The number of aliphatic hydroxyl groups excluding tert-OH is 1. The standard InChI is InChI=1S/C27H31O3P/c1-26(2,3)18-14-17(15-19(16-18)27(4,5)6)24(28)22-12-9-11-21-20-10-7-8-13-23(20)30-31(29)25(21)22/h7-16,24,28,31H,1-6H3. The van der Waals surface area contributed by atoms with Gasteiger partial charge in [0.15, 0.2) is 0 Å². The number of hydrogen-bond donors (Lipinski definition) is 1. The number of hydrogen-bond acceptors (Lipinski definition) is 3. The zero-order valence-corrected chi connectivity index (χ0v) is 20.1. The summed E-state index contributed by atoms with van der Waals surface area (Å²) in [7, 11) is -2.53. The molecule has 3 aromatic rings. The molecule has 1 N–H and O–H groups in total. The van der Waals surface area contributed by atoms with Crippen LogP contribution in [0.4, 0.5) is 0 Å². The normalized spacial score (nSPS) is 16.8. The first-order valence-electron chi connectivity index (χ1n) is 10.8. The van der Waals surface area contributed by atoms with Crippen LogP contribution in [-0.4, -0.2) is 5.11 Å². The molecule has 1 heterocycles. The van der Waals surface area contributed by atoms with Gasteiger partial charge in [0.2, 0.25) is 0 Å². The Morgan fingerprint density at radius 3 is 2.00 bits per heavy atom. The summed E-state index contributed by atoms with van der Waals surface area (Å²) in [4.78, 5) is 0. The molecule has 0 bridgehead atoms.